The van der Waals surface area contributed by atoms with Crippen LogP contribution >= 0.6 is 0 Å². The summed E-state index contributed by atoms with van der Waals surface area (Å²) >= 11 is 0. The molecule has 0 aliphatic heterocycles. The Morgan fingerprint density at radius 1 is 0.456 bits per heavy atom. The molecule has 0 saturated heterocycles. The fourth-order valence-electron chi connectivity index (χ4n) is 7.68. The summed E-state index contributed by atoms with van der Waals surface area (Å²) in [6, 6.07) is -0.608. The van der Waals surface area contributed by atoms with Crippen LogP contribution in [0.2, 0.25) is 0 Å². The highest BCUT2D eigenvalue weighted by Crippen LogP contribution is 2.17. The zero-order valence-electron chi connectivity index (χ0n) is 38.6. The number of hydrogen-bond donors (Lipinski definition) is 1. The molecule has 0 spiro atoms. The third kappa shape index (κ3) is 39.6. The van der Waals surface area contributed by atoms with Gasteiger partial charge in [0.1, 0.15) is 6.61 Å². The third-order valence-corrected chi connectivity index (χ3v) is 11.5. The highest BCUT2D eigenvalue weighted by Gasteiger charge is 2.31. The van der Waals surface area contributed by atoms with Crippen molar-refractivity contribution in [3.63, 3.8) is 0 Å². The molecule has 0 aromatic heterocycles. The average Bonchev–Trinajstić information content (AvgIpc) is 3.17. The standard InChI is InChI=1S/C49H95NO7/c1-6-8-10-12-14-16-18-19-20-21-22-23-24-25-26-27-28-29-30-32-33-35-37-39-47(51)56-44-45(43-55-42-41-46(49(53)54)50(3,4)5)57-48(52)40-38-36-34-31-17-15-13-11-9-7-2/h45-46H,6-44H2,1-5H3/p+1. The fraction of sp³-hybridized carbons (Fsp3) is 0.939. The van der Waals surface area contributed by atoms with Crippen LogP contribution in [-0.4, -0.2) is 80.6 Å². The van der Waals surface area contributed by atoms with E-state index in [2.05, 4.69) is 13.8 Å². The van der Waals surface area contributed by atoms with Crippen molar-refractivity contribution in [3.05, 3.63) is 0 Å². The smallest absolute Gasteiger partial charge is 0.362 e. The number of hydrogen-bond acceptors (Lipinski definition) is 6. The number of carboxylic acid groups (broad SMARTS) is 1. The van der Waals surface area contributed by atoms with Crippen LogP contribution < -0.4 is 0 Å². The maximum absolute atomic E-state index is 12.7. The monoisotopic (exact) mass is 811 g/mol. The Hall–Kier alpha value is -1.67. The van der Waals surface area contributed by atoms with Crippen molar-refractivity contribution in [1.29, 1.82) is 0 Å². The molecular formula is C49H96NO7+. The lowest BCUT2D eigenvalue weighted by Crippen LogP contribution is -2.50. The topological polar surface area (TPSA) is 99.1 Å². The Balaban J connectivity index is 4.08. The Kier molecular flexibility index (Phi) is 39.9. The predicted octanol–water partition coefficient (Wildman–Crippen LogP) is 13.7. The van der Waals surface area contributed by atoms with Crippen LogP contribution in [-0.2, 0) is 28.6 Å². The summed E-state index contributed by atoms with van der Waals surface area (Å²) in [5.74, 6) is -1.45. The van der Waals surface area contributed by atoms with Gasteiger partial charge in [0.2, 0.25) is 0 Å². The molecule has 2 atom stereocenters. The number of nitrogens with zero attached hydrogens (tertiary/aromatic N) is 1. The highest BCUT2D eigenvalue weighted by atomic mass is 16.6. The minimum atomic E-state index is -0.870. The summed E-state index contributed by atoms with van der Waals surface area (Å²) in [6.07, 6.45) is 43.0. The van der Waals surface area contributed by atoms with Gasteiger partial charge in [-0.05, 0) is 12.8 Å². The first kappa shape index (κ1) is 55.3. The van der Waals surface area contributed by atoms with Crippen molar-refractivity contribution in [2.24, 2.45) is 0 Å². The quantitative estimate of drug-likeness (QED) is 0.0371. The number of aliphatic carboxylic acids is 1. The highest BCUT2D eigenvalue weighted by molar-refractivity contribution is 5.72. The van der Waals surface area contributed by atoms with Gasteiger partial charge in [0.05, 0.1) is 34.4 Å². The van der Waals surface area contributed by atoms with E-state index in [-0.39, 0.29) is 36.2 Å². The van der Waals surface area contributed by atoms with Gasteiger partial charge >= 0.3 is 17.9 Å². The molecule has 8 nitrogen and oxygen atoms in total. The minimum absolute atomic E-state index is 0.0420. The van der Waals surface area contributed by atoms with E-state index in [0.29, 0.717) is 19.3 Å². The number of esters is 2. The molecule has 0 aliphatic carbocycles. The molecule has 1 N–H and O–H groups in total. The molecular weight excluding hydrogens is 715 g/mol. The first-order chi connectivity index (χ1) is 27.6. The molecule has 0 fully saturated rings. The normalized spacial score (nSPS) is 12.8. The van der Waals surface area contributed by atoms with E-state index in [4.69, 9.17) is 14.2 Å². The Morgan fingerprint density at radius 2 is 0.772 bits per heavy atom. The summed E-state index contributed by atoms with van der Waals surface area (Å²) in [5.41, 5.74) is 0. The molecule has 338 valence electrons. The van der Waals surface area contributed by atoms with Gasteiger partial charge in [0, 0.05) is 19.3 Å². The van der Waals surface area contributed by atoms with E-state index >= 15 is 0 Å². The van der Waals surface area contributed by atoms with Crippen LogP contribution in [0.1, 0.15) is 245 Å². The molecule has 0 aromatic carbocycles. The summed E-state index contributed by atoms with van der Waals surface area (Å²) in [4.78, 5) is 37.0. The number of carboxylic acids is 1. The lowest BCUT2D eigenvalue weighted by molar-refractivity contribution is -0.887. The second-order valence-corrected chi connectivity index (χ2v) is 18.1. The largest absolute Gasteiger partial charge is 0.477 e. The van der Waals surface area contributed by atoms with Crippen molar-refractivity contribution in [3.8, 4) is 0 Å². The van der Waals surface area contributed by atoms with E-state index in [0.717, 1.165) is 38.5 Å². The number of unbranched alkanes of at least 4 members (excludes halogenated alkanes) is 31. The van der Waals surface area contributed by atoms with Gasteiger partial charge in [0.15, 0.2) is 12.1 Å². The number of rotatable bonds is 45. The third-order valence-electron chi connectivity index (χ3n) is 11.5. The summed E-state index contributed by atoms with van der Waals surface area (Å²) in [5, 5.41) is 9.62. The van der Waals surface area contributed by atoms with Gasteiger partial charge < -0.3 is 23.8 Å². The SMILES string of the molecule is CCCCCCCCCCCCCCCCCCCCCCCCCC(=O)OCC(COCCC(C(=O)O)[N+](C)(C)C)OC(=O)CCCCCCCCCCCC. The van der Waals surface area contributed by atoms with Gasteiger partial charge in [-0.2, -0.15) is 0 Å². The van der Waals surface area contributed by atoms with E-state index < -0.39 is 18.1 Å². The molecule has 0 amide bonds. The maximum Gasteiger partial charge on any atom is 0.362 e. The Morgan fingerprint density at radius 3 is 1.09 bits per heavy atom. The van der Waals surface area contributed by atoms with Crippen molar-refractivity contribution in [2.75, 3.05) is 41.0 Å². The maximum atomic E-state index is 12.7. The predicted molar refractivity (Wildman–Crippen MR) is 239 cm³/mol. The molecule has 2 unspecified atom stereocenters. The lowest BCUT2D eigenvalue weighted by Gasteiger charge is -2.31. The van der Waals surface area contributed by atoms with Crippen molar-refractivity contribution in [1.82, 2.24) is 0 Å². The van der Waals surface area contributed by atoms with E-state index in [1.165, 1.54) is 173 Å². The van der Waals surface area contributed by atoms with Crippen molar-refractivity contribution in [2.45, 2.75) is 257 Å². The Bertz CT molecular complexity index is 905. The van der Waals surface area contributed by atoms with Crippen LogP contribution in [0.4, 0.5) is 0 Å². The van der Waals surface area contributed by atoms with E-state index in [1.54, 1.807) is 0 Å². The second-order valence-electron chi connectivity index (χ2n) is 18.1. The van der Waals surface area contributed by atoms with E-state index in [1.807, 2.05) is 21.1 Å². The zero-order chi connectivity index (χ0) is 42.1. The Labute approximate surface area is 353 Å². The molecule has 57 heavy (non-hydrogen) atoms. The number of carbonyl (C=O) groups excluding carboxylic acids is 2. The molecule has 0 bridgehead atoms. The summed E-state index contributed by atoms with van der Waals surface area (Å²) < 4.78 is 17.3. The van der Waals surface area contributed by atoms with E-state index in [9.17, 15) is 19.5 Å². The molecule has 0 aromatic rings. The van der Waals surface area contributed by atoms with Gasteiger partial charge in [0.25, 0.3) is 0 Å². The molecule has 0 saturated carbocycles. The van der Waals surface area contributed by atoms with Gasteiger partial charge in [-0.3, -0.25) is 9.59 Å². The zero-order valence-corrected chi connectivity index (χ0v) is 38.6. The minimum Gasteiger partial charge on any atom is -0.477 e. The lowest BCUT2D eigenvalue weighted by atomic mass is 10.0. The van der Waals surface area contributed by atoms with Crippen LogP contribution in [0, 0.1) is 0 Å². The second kappa shape index (κ2) is 41.1. The van der Waals surface area contributed by atoms with Crippen LogP contribution in [0.3, 0.4) is 0 Å². The van der Waals surface area contributed by atoms with Gasteiger partial charge in [-0.25, -0.2) is 4.79 Å². The average molecular weight is 811 g/mol. The number of ether oxygens (including phenoxy) is 3. The first-order valence-corrected chi connectivity index (χ1v) is 24.6. The fourth-order valence-corrected chi connectivity index (χ4v) is 7.68. The van der Waals surface area contributed by atoms with Gasteiger partial charge in [-0.1, -0.05) is 213 Å². The first-order valence-electron chi connectivity index (χ1n) is 24.6. The molecule has 0 rings (SSSR count). The molecule has 0 aliphatic rings. The summed E-state index contributed by atoms with van der Waals surface area (Å²) in [7, 11) is 5.54. The molecule has 0 heterocycles. The van der Waals surface area contributed by atoms with Crippen molar-refractivity contribution < 1.29 is 38.2 Å². The van der Waals surface area contributed by atoms with Crippen LogP contribution in [0.25, 0.3) is 0 Å². The number of carbonyl (C=O) groups is 3. The molecule has 0 radical (unpaired) electrons. The number of quaternary nitrogens is 1. The van der Waals surface area contributed by atoms with Gasteiger partial charge in [-0.15, -0.1) is 0 Å². The summed E-state index contributed by atoms with van der Waals surface area (Å²) in [6.45, 7) is 4.77. The molecule has 8 heteroatoms. The number of likely N-dealkylation sites (N-methyl/N-ethyl adjacent to an activating group) is 1. The van der Waals surface area contributed by atoms with Crippen LogP contribution in [0.5, 0.6) is 0 Å². The van der Waals surface area contributed by atoms with Crippen molar-refractivity contribution >= 4 is 17.9 Å². The van der Waals surface area contributed by atoms with Crippen LogP contribution in [0.15, 0.2) is 0 Å².